The third-order valence-electron chi connectivity index (χ3n) is 4.40. The highest BCUT2D eigenvalue weighted by molar-refractivity contribution is 7.20. The summed E-state index contributed by atoms with van der Waals surface area (Å²) >= 11 is 7.62. The van der Waals surface area contributed by atoms with Crippen LogP contribution < -0.4 is 10.3 Å². The molecule has 134 valence electrons. The molecular formula is C18H16ClN3O3S. The van der Waals surface area contributed by atoms with Gasteiger partial charge in [-0.15, -0.1) is 0 Å². The fourth-order valence-electron chi connectivity index (χ4n) is 3.02. The summed E-state index contributed by atoms with van der Waals surface area (Å²) in [6.07, 6.45) is 2.90. The summed E-state index contributed by atoms with van der Waals surface area (Å²) in [4.78, 5) is 32.9. The number of para-hydroxylation sites is 1. The van der Waals surface area contributed by atoms with Crippen LogP contribution in [0.25, 0.3) is 10.2 Å². The van der Waals surface area contributed by atoms with E-state index in [0.717, 1.165) is 10.2 Å². The number of piperidine rings is 1. The van der Waals surface area contributed by atoms with Crippen LogP contribution in [0.5, 0.6) is 5.19 Å². The van der Waals surface area contributed by atoms with E-state index in [1.165, 1.54) is 17.5 Å². The first kappa shape index (κ1) is 17.1. The lowest BCUT2D eigenvalue weighted by atomic mass is 10.1. The molecule has 0 saturated carbocycles. The van der Waals surface area contributed by atoms with E-state index in [0.29, 0.717) is 36.1 Å². The monoisotopic (exact) mass is 389 g/mol. The minimum absolute atomic E-state index is 0.00699. The van der Waals surface area contributed by atoms with E-state index in [1.807, 2.05) is 18.2 Å². The predicted octanol–water partition coefficient (Wildman–Crippen LogP) is 3.32. The van der Waals surface area contributed by atoms with Gasteiger partial charge in [0.05, 0.1) is 9.72 Å². The van der Waals surface area contributed by atoms with Gasteiger partial charge in [-0.25, -0.2) is 4.98 Å². The zero-order chi connectivity index (χ0) is 18.1. The maximum absolute atomic E-state index is 12.5. The van der Waals surface area contributed by atoms with Crippen LogP contribution in [-0.4, -0.2) is 40.0 Å². The van der Waals surface area contributed by atoms with E-state index >= 15 is 0 Å². The van der Waals surface area contributed by atoms with Gasteiger partial charge in [0.15, 0.2) is 0 Å². The van der Waals surface area contributed by atoms with Crippen LogP contribution in [0, 0.1) is 0 Å². The molecule has 1 fully saturated rings. The molecule has 1 amide bonds. The van der Waals surface area contributed by atoms with Gasteiger partial charge in [0, 0.05) is 32.1 Å². The average Bonchev–Trinajstić information content (AvgIpc) is 3.06. The molecule has 0 radical (unpaired) electrons. The van der Waals surface area contributed by atoms with Crippen molar-refractivity contribution < 1.29 is 9.53 Å². The first-order chi connectivity index (χ1) is 12.6. The van der Waals surface area contributed by atoms with E-state index in [-0.39, 0.29) is 23.1 Å². The largest absolute Gasteiger partial charge is 0.467 e. The summed E-state index contributed by atoms with van der Waals surface area (Å²) in [6, 6.07) is 8.87. The Kier molecular flexibility index (Phi) is 4.65. The normalized spacial score (nSPS) is 15.3. The number of carbonyl (C=O) groups excluding carboxylic acids is 1. The maximum atomic E-state index is 12.5. The van der Waals surface area contributed by atoms with Crippen LogP contribution >= 0.6 is 22.9 Å². The smallest absolute Gasteiger partial charge is 0.274 e. The van der Waals surface area contributed by atoms with Crippen molar-refractivity contribution in [1.82, 2.24) is 14.9 Å². The quantitative estimate of drug-likeness (QED) is 0.745. The second-order valence-corrected chi connectivity index (χ2v) is 7.49. The van der Waals surface area contributed by atoms with E-state index in [1.54, 1.807) is 17.0 Å². The molecule has 1 aliphatic heterocycles. The molecule has 0 spiro atoms. The highest BCUT2D eigenvalue weighted by Crippen LogP contribution is 2.33. The van der Waals surface area contributed by atoms with E-state index in [2.05, 4.69) is 9.97 Å². The molecule has 0 bridgehead atoms. The zero-order valence-corrected chi connectivity index (χ0v) is 15.3. The molecule has 1 N–H and O–H groups in total. The minimum atomic E-state index is -0.359. The number of benzene rings is 1. The molecule has 0 aliphatic carbocycles. The zero-order valence-electron chi connectivity index (χ0n) is 13.8. The molecule has 0 unspecified atom stereocenters. The van der Waals surface area contributed by atoms with Crippen molar-refractivity contribution in [2.24, 2.45) is 0 Å². The molecule has 1 aromatic carbocycles. The Morgan fingerprint density at radius 2 is 2.08 bits per heavy atom. The molecule has 3 heterocycles. The summed E-state index contributed by atoms with van der Waals surface area (Å²) in [5.74, 6) is -0.239. The van der Waals surface area contributed by atoms with Crippen LogP contribution in [0.4, 0.5) is 0 Å². The Labute approximate surface area is 158 Å². The number of amides is 1. The van der Waals surface area contributed by atoms with Gasteiger partial charge in [0.1, 0.15) is 17.2 Å². The molecule has 0 atom stereocenters. The van der Waals surface area contributed by atoms with Crippen molar-refractivity contribution >= 4 is 39.1 Å². The highest BCUT2D eigenvalue weighted by atomic mass is 35.5. The van der Waals surface area contributed by atoms with Crippen molar-refractivity contribution in [3.05, 3.63) is 57.5 Å². The minimum Gasteiger partial charge on any atom is -0.467 e. The number of nitrogens with one attached hydrogen (secondary N) is 1. The standard InChI is InChI=1S/C18H16ClN3O3S/c19-13-4-1-5-14-15(13)21-18(26-14)25-11-6-9-22(10-7-11)17(24)12-3-2-8-20-16(12)23/h1-5,8,11H,6-7,9-10H2,(H,20,23). The number of thiazole rings is 1. The average molecular weight is 390 g/mol. The number of pyridine rings is 1. The van der Waals surface area contributed by atoms with Gasteiger partial charge in [0.2, 0.25) is 0 Å². The number of nitrogens with zero attached hydrogens (tertiary/aromatic N) is 2. The van der Waals surface area contributed by atoms with Gasteiger partial charge < -0.3 is 14.6 Å². The fraction of sp³-hybridized carbons (Fsp3) is 0.278. The van der Waals surface area contributed by atoms with E-state index in [9.17, 15) is 9.59 Å². The van der Waals surface area contributed by atoms with Gasteiger partial charge in [-0.05, 0) is 24.3 Å². The fourth-order valence-corrected chi connectivity index (χ4v) is 4.21. The van der Waals surface area contributed by atoms with Crippen LogP contribution in [-0.2, 0) is 0 Å². The molecule has 3 aromatic rings. The summed E-state index contributed by atoms with van der Waals surface area (Å²) in [5, 5.41) is 1.21. The van der Waals surface area contributed by atoms with E-state index in [4.69, 9.17) is 16.3 Å². The Hall–Kier alpha value is -2.38. The number of likely N-dealkylation sites (tertiary alicyclic amines) is 1. The topological polar surface area (TPSA) is 75.3 Å². The lowest BCUT2D eigenvalue weighted by Gasteiger charge is -2.31. The first-order valence-electron chi connectivity index (χ1n) is 8.30. The first-order valence-corrected chi connectivity index (χ1v) is 9.50. The third-order valence-corrected chi connectivity index (χ3v) is 5.61. The second kappa shape index (κ2) is 7.09. The number of hydrogen-bond donors (Lipinski definition) is 1. The number of hydrogen-bond acceptors (Lipinski definition) is 5. The predicted molar refractivity (Wildman–Crippen MR) is 101 cm³/mol. The molecule has 1 aliphatic rings. The molecular weight excluding hydrogens is 374 g/mol. The van der Waals surface area contributed by atoms with Crippen molar-refractivity contribution in [1.29, 1.82) is 0 Å². The van der Waals surface area contributed by atoms with Crippen LogP contribution in [0.1, 0.15) is 23.2 Å². The molecule has 8 heteroatoms. The Balaban J connectivity index is 1.40. The summed E-state index contributed by atoms with van der Waals surface area (Å²) < 4.78 is 6.98. The number of carbonyl (C=O) groups is 1. The van der Waals surface area contributed by atoms with Gasteiger partial charge in [-0.2, -0.15) is 0 Å². The molecule has 1 saturated heterocycles. The van der Waals surface area contributed by atoms with Gasteiger partial charge >= 0.3 is 0 Å². The lowest BCUT2D eigenvalue weighted by molar-refractivity contribution is 0.0594. The molecule has 2 aromatic heterocycles. The highest BCUT2D eigenvalue weighted by Gasteiger charge is 2.26. The third kappa shape index (κ3) is 3.32. The van der Waals surface area contributed by atoms with Crippen molar-refractivity contribution in [2.75, 3.05) is 13.1 Å². The SMILES string of the molecule is O=C(c1ccc[nH]c1=O)N1CCC(Oc2nc3c(Cl)cccc3s2)CC1. The Morgan fingerprint density at radius 1 is 1.27 bits per heavy atom. The van der Waals surface area contributed by atoms with Gasteiger partial charge in [0.25, 0.3) is 16.7 Å². The Morgan fingerprint density at radius 3 is 2.81 bits per heavy atom. The number of H-pyrrole nitrogens is 1. The number of aromatic nitrogens is 2. The number of fused-ring (bicyclic) bond motifs is 1. The maximum Gasteiger partial charge on any atom is 0.274 e. The molecule has 26 heavy (non-hydrogen) atoms. The van der Waals surface area contributed by atoms with Crippen molar-refractivity contribution in [3.8, 4) is 5.19 Å². The lowest BCUT2D eigenvalue weighted by Crippen LogP contribution is -2.43. The van der Waals surface area contributed by atoms with E-state index < -0.39 is 0 Å². The summed E-state index contributed by atoms with van der Waals surface area (Å²) in [6.45, 7) is 1.09. The van der Waals surface area contributed by atoms with Gasteiger partial charge in [-0.3, -0.25) is 9.59 Å². The number of halogens is 1. The number of rotatable bonds is 3. The van der Waals surface area contributed by atoms with Crippen molar-refractivity contribution in [2.45, 2.75) is 18.9 Å². The Bertz CT molecular complexity index is 1010. The number of ether oxygens (including phenoxy) is 1. The van der Waals surface area contributed by atoms with Crippen LogP contribution in [0.3, 0.4) is 0 Å². The molecule has 6 nitrogen and oxygen atoms in total. The van der Waals surface area contributed by atoms with Crippen LogP contribution in [0.2, 0.25) is 5.02 Å². The molecule has 4 rings (SSSR count). The number of aromatic amines is 1. The van der Waals surface area contributed by atoms with Crippen LogP contribution in [0.15, 0.2) is 41.3 Å². The summed E-state index contributed by atoms with van der Waals surface area (Å²) in [7, 11) is 0. The van der Waals surface area contributed by atoms with Gasteiger partial charge in [-0.1, -0.05) is 29.0 Å². The second-order valence-electron chi connectivity index (χ2n) is 6.09. The summed E-state index contributed by atoms with van der Waals surface area (Å²) in [5.41, 5.74) is 0.569. The van der Waals surface area contributed by atoms with Crippen molar-refractivity contribution in [3.63, 3.8) is 0 Å².